The highest BCUT2D eigenvalue weighted by molar-refractivity contribution is 7.89. The van der Waals surface area contributed by atoms with Crippen LogP contribution in [0, 0.1) is 17.0 Å². The number of amides is 1. The molecule has 3 aliphatic rings. The molecule has 2 aliphatic heterocycles. The summed E-state index contributed by atoms with van der Waals surface area (Å²) >= 11 is 5.98. The molecule has 0 spiro atoms. The molecule has 0 radical (unpaired) electrons. The number of aliphatic hydroxyl groups is 1. The second-order valence-corrected chi connectivity index (χ2v) is 12.1. The Morgan fingerprint density at radius 3 is 2.26 bits per heavy atom. The molecular weight excluding hydrogens is 498 g/mol. The number of rotatable bonds is 5. The first-order valence-corrected chi connectivity index (χ1v) is 13.7. The molecule has 0 bridgehead atoms. The predicted molar refractivity (Wildman–Crippen MR) is 126 cm³/mol. The fourth-order valence-corrected chi connectivity index (χ4v) is 7.76. The topological polar surface area (TPSA) is 77.9 Å². The van der Waals surface area contributed by atoms with Gasteiger partial charge in [-0.2, -0.15) is 4.31 Å². The summed E-state index contributed by atoms with van der Waals surface area (Å²) in [4.78, 5) is 15.3. The van der Waals surface area contributed by atoms with Gasteiger partial charge in [0.15, 0.2) is 0 Å². The predicted octanol–water partition coefficient (Wildman–Crippen LogP) is 4.28. The number of halogens is 3. The molecule has 1 saturated carbocycles. The minimum Gasteiger partial charge on any atom is -0.391 e. The van der Waals surface area contributed by atoms with Crippen LogP contribution in [0.5, 0.6) is 0 Å². The smallest absolute Gasteiger partial charge is 0.243 e. The maximum Gasteiger partial charge on any atom is 0.243 e. The van der Waals surface area contributed by atoms with Crippen LogP contribution in [0.4, 0.5) is 8.78 Å². The van der Waals surface area contributed by atoms with Crippen molar-refractivity contribution in [2.24, 2.45) is 5.41 Å². The normalized spacial score (nSPS) is 26.6. The Labute approximate surface area is 208 Å². The van der Waals surface area contributed by atoms with Crippen molar-refractivity contribution in [2.45, 2.75) is 61.6 Å². The van der Waals surface area contributed by atoms with E-state index in [1.165, 1.54) is 40.7 Å². The average molecular weight is 525 g/mol. The van der Waals surface area contributed by atoms with Crippen molar-refractivity contribution in [3.8, 4) is 0 Å². The number of benzene rings is 2. The van der Waals surface area contributed by atoms with E-state index in [1.807, 2.05) is 0 Å². The van der Waals surface area contributed by atoms with Crippen LogP contribution in [0.1, 0.15) is 50.1 Å². The highest BCUT2D eigenvalue weighted by Gasteiger charge is 2.62. The Hall–Kier alpha value is -2.07. The van der Waals surface area contributed by atoms with E-state index < -0.39 is 45.3 Å². The molecule has 5 rings (SSSR count). The SMILES string of the molecule is O=C(N1CC[C@H](O)C1)C1([C@H]2CCC[C@@H](c3cc(F)cc(F)c3)N2S(=O)(=O)c2ccc(Cl)cc2)CC1. The molecule has 1 amide bonds. The zero-order valence-corrected chi connectivity index (χ0v) is 20.6. The van der Waals surface area contributed by atoms with Crippen LogP contribution in [0.3, 0.4) is 0 Å². The average Bonchev–Trinajstić information content (AvgIpc) is 3.52. The first-order valence-electron chi connectivity index (χ1n) is 11.8. The van der Waals surface area contributed by atoms with E-state index in [0.29, 0.717) is 50.1 Å². The van der Waals surface area contributed by atoms with Crippen molar-refractivity contribution in [3.63, 3.8) is 0 Å². The number of hydrogen-bond donors (Lipinski definition) is 1. The Kier molecular flexibility index (Phi) is 6.40. The summed E-state index contributed by atoms with van der Waals surface area (Å²) in [5.74, 6) is -1.72. The van der Waals surface area contributed by atoms with Gasteiger partial charge in [-0.15, -0.1) is 0 Å². The minimum atomic E-state index is -4.15. The zero-order valence-electron chi connectivity index (χ0n) is 19.0. The van der Waals surface area contributed by atoms with Crippen molar-refractivity contribution >= 4 is 27.5 Å². The van der Waals surface area contributed by atoms with Crippen molar-refractivity contribution < 1.29 is 27.1 Å². The Morgan fingerprint density at radius 1 is 1.03 bits per heavy atom. The van der Waals surface area contributed by atoms with E-state index in [9.17, 15) is 27.1 Å². The fraction of sp³-hybridized carbons (Fsp3) is 0.480. The minimum absolute atomic E-state index is 0.00974. The molecule has 1 N–H and O–H groups in total. The Balaban J connectivity index is 1.60. The molecule has 2 aromatic rings. The Bertz CT molecular complexity index is 1220. The molecule has 6 nitrogen and oxygen atoms in total. The van der Waals surface area contributed by atoms with Crippen LogP contribution in [-0.4, -0.2) is 53.9 Å². The number of piperidine rings is 1. The van der Waals surface area contributed by atoms with E-state index in [-0.39, 0.29) is 22.9 Å². The first kappa shape index (κ1) is 24.6. The van der Waals surface area contributed by atoms with Crippen LogP contribution in [0.2, 0.25) is 5.02 Å². The third kappa shape index (κ3) is 4.48. The first-order chi connectivity index (χ1) is 16.6. The molecule has 2 aromatic carbocycles. The number of nitrogens with zero attached hydrogens (tertiary/aromatic N) is 2. The maximum atomic E-state index is 14.2. The number of likely N-dealkylation sites (tertiary alicyclic amines) is 1. The standard InChI is InChI=1S/C25H27ClF2N2O4S/c26-17-4-6-21(7-5-17)35(33,34)30-22(16-12-18(27)14-19(28)13-16)2-1-3-23(30)25(9-10-25)24(32)29-11-8-20(31)15-29/h4-7,12-14,20,22-23,31H,1-3,8-11,15H2/t20-,22-,23+/m0/s1. The molecule has 3 atom stereocenters. The second-order valence-electron chi connectivity index (χ2n) is 9.80. The van der Waals surface area contributed by atoms with Gasteiger partial charge < -0.3 is 10.0 Å². The molecule has 0 aromatic heterocycles. The molecule has 1 aliphatic carbocycles. The van der Waals surface area contributed by atoms with Crippen LogP contribution in [-0.2, 0) is 14.8 Å². The van der Waals surface area contributed by atoms with Gasteiger partial charge in [0.05, 0.1) is 22.5 Å². The van der Waals surface area contributed by atoms with Gasteiger partial charge in [0.25, 0.3) is 0 Å². The number of carbonyl (C=O) groups is 1. The third-order valence-electron chi connectivity index (χ3n) is 7.53. The summed E-state index contributed by atoms with van der Waals surface area (Å²) in [6, 6.07) is 7.37. The highest BCUT2D eigenvalue weighted by atomic mass is 35.5. The third-order valence-corrected chi connectivity index (χ3v) is 9.72. The second kappa shape index (κ2) is 9.10. The summed E-state index contributed by atoms with van der Waals surface area (Å²) < 4.78 is 57.8. The largest absolute Gasteiger partial charge is 0.391 e. The number of hydrogen-bond acceptors (Lipinski definition) is 4. The van der Waals surface area contributed by atoms with Crippen molar-refractivity contribution in [1.82, 2.24) is 9.21 Å². The van der Waals surface area contributed by atoms with Gasteiger partial charge >= 0.3 is 0 Å². The van der Waals surface area contributed by atoms with Gasteiger partial charge in [-0.25, -0.2) is 17.2 Å². The lowest BCUT2D eigenvalue weighted by Gasteiger charge is -2.45. The van der Waals surface area contributed by atoms with E-state index in [1.54, 1.807) is 4.90 Å². The lowest BCUT2D eigenvalue weighted by molar-refractivity contribution is -0.139. The van der Waals surface area contributed by atoms with Gasteiger partial charge in [0.1, 0.15) is 11.6 Å². The lowest BCUT2D eigenvalue weighted by atomic mass is 9.84. The number of sulfonamides is 1. The zero-order chi connectivity index (χ0) is 25.0. The van der Waals surface area contributed by atoms with E-state index in [4.69, 9.17) is 11.6 Å². The summed E-state index contributed by atoms with van der Waals surface area (Å²) in [6.45, 7) is 0.659. The van der Waals surface area contributed by atoms with Crippen LogP contribution >= 0.6 is 11.6 Å². The Morgan fingerprint density at radius 2 is 1.69 bits per heavy atom. The molecule has 10 heteroatoms. The molecule has 3 fully saturated rings. The van der Waals surface area contributed by atoms with Gasteiger partial charge in [0.2, 0.25) is 15.9 Å². The molecular formula is C25H27ClF2N2O4S. The summed E-state index contributed by atoms with van der Waals surface area (Å²) in [5.41, 5.74) is -0.682. The summed E-state index contributed by atoms with van der Waals surface area (Å²) in [5, 5.41) is 10.3. The van der Waals surface area contributed by atoms with E-state index in [2.05, 4.69) is 0 Å². The molecule has 0 unspecified atom stereocenters. The van der Waals surface area contributed by atoms with Crippen molar-refractivity contribution in [2.75, 3.05) is 13.1 Å². The van der Waals surface area contributed by atoms with Gasteiger partial charge in [-0.3, -0.25) is 4.79 Å². The van der Waals surface area contributed by atoms with Crippen LogP contribution in [0.15, 0.2) is 47.4 Å². The van der Waals surface area contributed by atoms with E-state index in [0.717, 1.165) is 6.07 Å². The molecule has 2 heterocycles. The van der Waals surface area contributed by atoms with E-state index >= 15 is 0 Å². The van der Waals surface area contributed by atoms with Crippen molar-refractivity contribution in [1.29, 1.82) is 0 Å². The van der Waals surface area contributed by atoms with Crippen LogP contribution in [0.25, 0.3) is 0 Å². The molecule has 35 heavy (non-hydrogen) atoms. The molecule has 2 saturated heterocycles. The van der Waals surface area contributed by atoms with Crippen molar-refractivity contribution in [3.05, 3.63) is 64.7 Å². The lowest BCUT2D eigenvalue weighted by Crippen LogP contribution is -2.54. The van der Waals surface area contributed by atoms with Gasteiger partial charge in [-0.05, 0) is 80.5 Å². The summed E-state index contributed by atoms with van der Waals surface area (Å²) in [7, 11) is -4.15. The molecule has 188 valence electrons. The number of aliphatic hydroxyl groups excluding tert-OH is 1. The van der Waals surface area contributed by atoms with Gasteiger partial charge in [-0.1, -0.05) is 11.6 Å². The van der Waals surface area contributed by atoms with Gasteiger partial charge in [0, 0.05) is 30.2 Å². The summed E-state index contributed by atoms with van der Waals surface area (Å²) in [6.07, 6.45) is 2.41. The quantitative estimate of drug-likeness (QED) is 0.633. The fourth-order valence-electron chi connectivity index (χ4n) is 5.71. The monoisotopic (exact) mass is 524 g/mol. The maximum absolute atomic E-state index is 14.2. The van der Waals surface area contributed by atoms with Crippen LogP contribution < -0.4 is 0 Å². The number of β-amino-alcohol motifs (C(OH)–C–C–N with tert-alkyl or cyclic N) is 1. The highest BCUT2D eigenvalue weighted by Crippen LogP contribution is 2.57. The number of carbonyl (C=O) groups excluding carboxylic acids is 1.